The Bertz CT molecular complexity index is 583. The Morgan fingerprint density at radius 3 is 2.12 bits per heavy atom. The third-order valence-electron chi connectivity index (χ3n) is 3.28. The van der Waals surface area contributed by atoms with Crippen LogP contribution in [0.5, 0.6) is 5.75 Å². The first-order valence-electron chi connectivity index (χ1n) is 7.30. The molecule has 0 heterocycles. The van der Waals surface area contributed by atoms with Crippen LogP contribution in [-0.2, 0) is 14.3 Å². The predicted molar refractivity (Wildman–Crippen MR) is 80.2 cm³/mol. The maximum atomic E-state index is 13.0. The molecule has 1 aromatic rings. The van der Waals surface area contributed by atoms with Crippen LogP contribution in [-0.4, -0.2) is 43.2 Å². The van der Waals surface area contributed by atoms with Crippen molar-refractivity contribution in [3.8, 4) is 5.75 Å². The number of benzene rings is 1. The van der Waals surface area contributed by atoms with Crippen molar-refractivity contribution >= 4 is 11.9 Å². The number of carboxylic acid groups (broad SMARTS) is 1. The van der Waals surface area contributed by atoms with Crippen LogP contribution in [0.1, 0.15) is 24.2 Å². The number of carboxylic acids is 1. The Hall–Kier alpha value is -2.29. The molecular formula is C16H19F3O6. The van der Waals surface area contributed by atoms with Crippen LogP contribution < -0.4 is 4.74 Å². The lowest BCUT2D eigenvalue weighted by atomic mass is 9.92. The molecule has 0 saturated heterocycles. The number of ether oxygens (including phenoxy) is 3. The van der Waals surface area contributed by atoms with Crippen molar-refractivity contribution < 1.29 is 42.1 Å². The molecule has 1 rings (SSSR count). The highest BCUT2D eigenvalue weighted by molar-refractivity contribution is 5.90. The third kappa shape index (κ3) is 5.93. The van der Waals surface area contributed by atoms with Gasteiger partial charge >= 0.3 is 18.1 Å². The second-order valence-corrected chi connectivity index (χ2v) is 5.55. The minimum atomic E-state index is -5.04. The average Bonchev–Trinajstić information content (AvgIpc) is 2.50. The van der Waals surface area contributed by atoms with Crippen LogP contribution in [0.2, 0.25) is 0 Å². The Kier molecular flexibility index (Phi) is 7.22. The molecule has 140 valence electrons. The van der Waals surface area contributed by atoms with E-state index in [1.54, 1.807) is 0 Å². The van der Waals surface area contributed by atoms with Gasteiger partial charge in [-0.05, 0) is 30.2 Å². The Labute approximate surface area is 142 Å². The summed E-state index contributed by atoms with van der Waals surface area (Å²) in [6.45, 7) is 2.69. The lowest BCUT2D eigenvalue weighted by Crippen LogP contribution is -2.45. The summed E-state index contributed by atoms with van der Waals surface area (Å²) in [5.74, 6) is -6.41. The van der Waals surface area contributed by atoms with Crippen LogP contribution in [0, 0.1) is 11.8 Å². The van der Waals surface area contributed by atoms with E-state index >= 15 is 0 Å². The number of methoxy groups -OCH3 is 1. The monoisotopic (exact) mass is 364 g/mol. The maximum absolute atomic E-state index is 13.0. The van der Waals surface area contributed by atoms with Crippen molar-refractivity contribution in [2.45, 2.75) is 26.1 Å². The van der Waals surface area contributed by atoms with Gasteiger partial charge in [0.15, 0.2) is 12.7 Å². The topological polar surface area (TPSA) is 82.1 Å². The van der Waals surface area contributed by atoms with E-state index in [2.05, 4.69) is 0 Å². The van der Waals surface area contributed by atoms with Crippen molar-refractivity contribution in [1.29, 1.82) is 0 Å². The van der Waals surface area contributed by atoms with E-state index in [0.29, 0.717) is 5.75 Å². The second-order valence-electron chi connectivity index (χ2n) is 5.55. The Morgan fingerprint density at radius 1 is 1.16 bits per heavy atom. The first kappa shape index (κ1) is 20.8. The van der Waals surface area contributed by atoms with Gasteiger partial charge in [0.05, 0.1) is 5.56 Å². The van der Waals surface area contributed by atoms with E-state index in [-0.39, 0.29) is 12.4 Å². The highest BCUT2D eigenvalue weighted by Gasteiger charge is 2.52. The smallest absolute Gasteiger partial charge is 0.405 e. The number of alkyl halides is 3. The summed E-state index contributed by atoms with van der Waals surface area (Å²) in [5.41, 5.74) is -0.0262. The first-order chi connectivity index (χ1) is 11.6. The van der Waals surface area contributed by atoms with Crippen molar-refractivity contribution in [2.24, 2.45) is 11.8 Å². The van der Waals surface area contributed by atoms with Gasteiger partial charge in [0.2, 0.25) is 0 Å². The molecule has 25 heavy (non-hydrogen) atoms. The highest BCUT2D eigenvalue weighted by atomic mass is 19.4. The van der Waals surface area contributed by atoms with E-state index in [1.165, 1.54) is 45.2 Å². The summed E-state index contributed by atoms with van der Waals surface area (Å²) < 4.78 is 53.7. The minimum Gasteiger partial charge on any atom is -0.481 e. The van der Waals surface area contributed by atoms with Crippen LogP contribution in [0.15, 0.2) is 24.3 Å². The molecule has 0 spiro atoms. The van der Waals surface area contributed by atoms with E-state index in [9.17, 15) is 22.8 Å². The highest BCUT2D eigenvalue weighted by Crippen LogP contribution is 2.34. The molecule has 2 atom stereocenters. The van der Waals surface area contributed by atoms with E-state index < -0.39 is 36.1 Å². The van der Waals surface area contributed by atoms with Crippen LogP contribution in [0.25, 0.3) is 0 Å². The van der Waals surface area contributed by atoms with Gasteiger partial charge in [0.1, 0.15) is 11.9 Å². The fourth-order valence-electron chi connectivity index (χ4n) is 2.06. The van der Waals surface area contributed by atoms with Gasteiger partial charge in [-0.15, -0.1) is 0 Å². The molecule has 0 amide bonds. The number of halogens is 3. The molecule has 0 radical (unpaired) electrons. The summed E-state index contributed by atoms with van der Waals surface area (Å²) in [6.07, 6.45) is -6.90. The average molecular weight is 364 g/mol. The fourth-order valence-corrected chi connectivity index (χ4v) is 2.06. The molecular weight excluding hydrogens is 345 g/mol. The summed E-state index contributed by atoms with van der Waals surface area (Å²) in [5, 5.41) is 8.89. The number of hydrogen-bond acceptors (Lipinski definition) is 5. The number of aliphatic carboxylic acids is 1. The second kappa shape index (κ2) is 8.70. The minimum absolute atomic E-state index is 0.00884. The molecule has 0 aliphatic carbocycles. The quantitative estimate of drug-likeness (QED) is 0.564. The summed E-state index contributed by atoms with van der Waals surface area (Å²) in [6, 6.07) is 5.43. The summed E-state index contributed by atoms with van der Waals surface area (Å²) >= 11 is 0. The molecule has 0 fully saturated rings. The number of carbonyl (C=O) groups excluding carboxylic acids is 1. The zero-order chi connectivity index (χ0) is 19.2. The van der Waals surface area contributed by atoms with Crippen molar-refractivity contribution in [2.75, 3.05) is 13.9 Å². The Balaban J connectivity index is 2.94. The predicted octanol–water partition coefficient (Wildman–Crippen LogP) is 3.11. The van der Waals surface area contributed by atoms with Gasteiger partial charge in [-0.25, -0.2) is 4.79 Å². The maximum Gasteiger partial charge on any atom is 0.405 e. The van der Waals surface area contributed by atoms with E-state index in [0.717, 1.165) is 0 Å². The normalized spacial score (nSPS) is 14.0. The van der Waals surface area contributed by atoms with Crippen LogP contribution >= 0.6 is 0 Å². The standard InChI is InChI=1S/C16H19F3O6/c1-9(2)13(12(14(20)21)16(17,18)19)25-15(22)10-4-6-11(7-5-10)24-8-23-3/h4-7,9,12-13H,8H2,1-3H3,(H,20,21). The number of hydrogen-bond donors (Lipinski definition) is 1. The molecule has 0 aromatic heterocycles. The lowest BCUT2D eigenvalue weighted by Gasteiger charge is -2.28. The van der Waals surface area contributed by atoms with Crippen molar-refractivity contribution in [3.05, 3.63) is 29.8 Å². The summed E-state index contributed by atoms with van der Waals surface area (Å²) in [4.78, 5) is 23.1. The van der Waals surface area contributed by atoms with Gasteiger partial charge in [0.25, 0.3) is 0 Å². The number of esters is 1. The molecule has 1 aromatic carbocycles. The zero-order valence-corrected chi connectivity index (χ0v) is 13.9. The van der Waals surface area contributed by atoms with Gasteiger partial charge in [-0.3, -0.25) is 4.79 Å². The summed E-state index contributed by atoms with van der Waals surface area (Å²) in [7, 11) is 1.43. The van der Waals surface area contributed by atoms with Gasteiger partial charge < -0.3 is 19.3 Å². The third-order valence-corrected chi connectivity index (χ3v) is 3.28. The number of carbonyl (C=O) groups is 2. The van der Waals surface area contributed by atoms with E-state index in [1.807, 2.05) is 0 Å². The van der Waals surface area contributed by atoms with Crippen LogP contribution in [0.3, 0.4) is 0 Å². The largest absolute Gasteiger partial charge is 0.481 e. The van der Waals surface area contributed by atoms with Gasteiger partial charge in [-0.1, -0.05) is 13.8 Å². The molecule has 0 saturated carbocycles. The molecule has 2 unspecified atom stereocenters. The zero-order valence-electron chi connectivity index (χ0n) is 13.9. The molecule has 0 aliphatic heterocycles. The van der Waals surface area contributed by atoms with Gasteiger partial charge in [-0.2, -0.15) is 13.2 Å². The van der Waals surface area contributed by atoms with Crippen molar-refractivity contribution in [3.63, 3.8) is 0 Å². The molecule has 9 heteroatoms. The van der Waals surface area contributed by atoms with E-state index in [4.69, 9.17) is 19.3 Å². The molecule has 6 nitrogen and oxygen atoms in total. The lowest BCUT2D eigenvalue weighted by molar-refractivity contribution is -0.215. The van der Waals surface area contributed by atoms with Crippen molar-refractivity contribution in [1.82, 2.24) is 0 Å². The van der Waals surface area contributed by atoms with Gasteiger partial charge in [0, 0.05) is 7.11 Å². The molecule has 0 aliphatic rings. The molecule has 1 N–H and O–H groups in total. The fraction of sp³-hybridized carbons (Fsp3) is 0.500. The van der Waals surface area contributed by atoms with Crippen LogP contribution in [0.4, 0.5) is 13.2 Å². The molecule has 0 bridgehead atoms. The first-order valence-corrected chi connectivity index (χ1v) is 7.30. The SMILES string of the molecule is COCOc1ccc(C(=O)OC(C(C)C)C(C(=O)O)C(F)(F)F)cc1. The number of rotatable bonds is 8. The Morgan fingerprint density at radius 2 is 1.72 bits per heavy atom.